The van der Waals surface area contributed by atoms with E-state index in [1.54, 1.807) is 25.3 Å². The highest BCUT2D eigenvalue weighted by Gasteiger charge is 2.47. The minimum Gasteiger partial charge on any atom is -0.496 e. The first-order valence-electron chi connectivity index (χ1n) is 14.0. The number of amides is 1. The highest BCUT2D eigenvalue weighted by molar-refractivity contribution is 5.97. The van der Waals surface area contributed by atoms with Crippen LogP contribution in [0.25, 0.3) is 11.1 Å². The number of hydrogen-bond donors (Lipinski definition) is 1. The summed E-state index contributed by atoms with van der Waals surface area (Å²) in [4.78, 5) is 26.7. The molecule has 8 heteroatoms. The molecule has 0 radical (unpaired) electrons. The molecule has 0 spiro atoms. The minimum atomic E-state index is -0.943. The zero-order valence-corrected chi connectivity index (χ0v) is 23.2. The lowest BCUT2D eigenvalue weighted by Crippen LogP contribution is -2.36. The molecule has 1 saturated carbocycles. The number of fused-ring (bicyclic) bond motifs is 3. The van der Waals surface area contributed by atoms with Gasteiger partial charge in [-0.3, -0.25) is 9.48 Å². The predicted molar refractivity (Wildman–Crippen MR) is 156 cm³/mol. The van der Waals surface area contributed by atoms with E-state index in [-0.39, 0.29) is 11.5 Å². The molecular weight excluding hydrogens is 518 g/mol. The van der Waals surface area contributed by atoms with Crippen molar-refractivity contribution >= 4 is 17.6 Å². The van der Waals surface area contributed by atoms with E-state index in [1.807, 2.05) is 59.2 Å². The Labute approximate surface area is 239 Å². The van der Waals surface area contributed by atoms with Crippen LogP contribution in [-0.2, 0) is 11.3 Å². The first-order valence-corrected chi connectivity index (χ1v) is 14.0. The van der Waals surface area contributed by atoms with Crippen LogP contribution in [-0.4, -0.2) is 47.0 Å². The second kappa shape index (κ2) is 11.1. The average molecular weight is 552 g/mol. The van der Waals surface area contributed by atoms with Gasteiger partial charge in [0.15, 0.2) is 0 Å². The van der Waals surface area contributed by atoms with Crippen LogP contribution in [0.4, 0.5) is 5.69 Å². The number of nitrogens with zero attached hydrogens (tertiary/aromatic N) is 3. The molecule has 210 valence electrons. The van der Waals surface area contributed by atoms with Crippen LogP contribution in [0.2, 0.25) is 0 Å². The summed E-state index contributed by atoms with van der Waals surface area (Å²) in [5, 5.41) is 13.9. The Balaban J connectivity index is 1.15. The molecule has 41 heavy (non-hydrogen) atoms. The van der Waals surface area contributed by atoms with Gasteiger partial charge in [0.05, 0.1) is 32.0 Å². The quantitative estimate of drug-likeness (QED) is 0.246. The van der Waals surface area contributed by atoms with Gasteiger partial charge in [-0.05, 0) is 78.6 Å². The molecule has 0 bridgehead atoms. The van der Waals surface area contributed by atoms with Gasteiger partial charge in [-0.15, -0.1) is 0 Å². The summed E-state index contributed by atoms with van der Waals surface area (Å²) in [6, 6.07) is 18.8. The lowest BCUT2D eigenvalue weighted by molar-refractivity contribution is -0.119. The number of carboxylic acids is 1. The molecule has 1 aromatic heterocycles. The number of benzene rings is 3. The maximum atomic E-state index is 13.4. The van der Waals surface area contributed by atoms with Crippen molar-refractivity contribution in [2.24, 2.45) is 5.92 Å². The Morgan fingerprint density at radius 2 is 1.88 bits per heavy atom. The summed E-state index contributed by atoms with van der Waals surface area (Å²) < 4.78 is 13.2. The SMILES string of the molecule is COc1cccc(OCCCC(=O)N2CC3CC3c3c(-c4cnn(Cc5cccc(C(=O)O)c5)c4)cccc32)c1C. The Hall–Kier alpha value is -4.59. The molecule has 2 atom stereocenters. The molecule has 2 heterocycles. The van der Waals surface area contributed by atoms with E-state index in [0.29, 0.717) is 37.8 Å². The predicted octanol–water partition coefficient (Wildman–Crippen LogP) is 5.92. The molecule has 1 amide bonds. The molecule has 3 aromatic carbocycles. The van der Waals surface area contributed by atoms with Gasteiger partial charge in [0.2, 0.25) is 5.91 Å². The molecule has 2 aliphatic rings. The third-order valence-electron chi connectivity index (χ3n) is 8.10. The van der Waals surface area contributed by atoms with Crippen molar-refractivity contribution in [1.29, 1.82) is 0 Å². The van der Waals surface area contributed by atoms with Crippen LogP contribution in [0.5, 0.6) is 11.5 Å². The number of anilines is 1. The maximum Gasteiger partial charge on any atom is 0.335 e. The molecule has 1 N–H and O–H groups in total. The van der Waals surface area contributed by atoms with Crippen LogP contribution < -0.4 is 14.4 Å². The second-order valence-corrected chi connectivity index (χ2v) is 10.8. The van der Waals surface area contributed by atoms with E-state index in [4.69, 9.17) is 9.47 Å². The number of ether oxygens (including phenoxy) is 2. The fraction of sp³-hybridized carbons (Fsp3) is 0.303. The van der Waals surface area contributed by atoms with Gasteiger partial charge in [-0.1, -0.05) is 30.3 Å². The number of carbonyl (C=O) groups is 2. The van der Waals surface area contributed by atoms with Crippen LogP contribution >= 0.6 is 0 Å². The van der Waals surface area contributed by atoms with Crippen LogP contribution in [0.15, 0.2) is 73.1 Å². The second-order valence-electron chi connectivity index (χ2n) is 10.8. The molecule has 0 saturated heterocycles. The summed E-state index contributed by atoms with van der Waals surface area (Å²) >= 11 is 0. The van der Waals surface area contributed by atoms with Gasteiger partial charge in [0, 0.05) is 36.0 Å². The number of aromatic nitrogens is 2. The summed E-state index contributed by atoms with van der Waals surface area (Å²) in [6.45, 7) is 3.66. The molecule has 6 rings (SSSR count). The zero-order valence-electron chi connectivity index (χ0n) is 23.2. The molecule has 1 aliphatic heterocycles. The highest BCUT2D eigenvalue weighted by Crippen LogP contribution is 2.57. The van der Waals surface area contributed by atoms with Crippen molar-refractivity contribution in [2.45, 2.75) is 38.6 Å². The van der Waals surface area contributed by atoms with Crippen molar-refractivity contribution in [2.75, 3.05) is 25.2 Å². The van der Waals surface area contributed by atoms with Gasteiger partial charge >= 0.3 is 5.97 Å². The number of methoxy groups -OCH3 is 1. The fourth-order valence-corrected chi connectivity index (χ4v) is 5.89. The minimum absolute atomic E-state index is 0.119. The highest BCUT2D eigenvalue weighted by atomic mass is 16.5. The largest absolute Gasteiger partial charge is 0.496 e. The Morgan fingerprint density at radius 3 is 2.71 bits per heavy atom. The van der Waals surface area contributed by atoms with E-state index < -0.39 is 5.97 Å². The van der Waals surface area contributed by atoms with Gasteiger partial charge in [0.25, 0.3) is 0 Å². The first kappa shape index (κ1) is 26.6. The fourth-order valence-electron chi connectivity index (χ4n) is 5.89. The topological polar surface area (TPSA) is 93.9 Å². The lowest BCUT2D eigenvalue weighted by atomic mass is 9.92. The van der Waals surface area contributed by atoms with E-state index in [9.17, 15) is 14.7 Å². The molecular formula is C33H33N3O5. The Kier molecular flexibility index (Phi) is 7.22. The molecule has 1 aliphatic carbocycles. The maximum absolute atomic E-state index is 13.4. The monoisotopic (exact) mass is 551 g/mol. The normalized spacial score (nSPS) is 17.0. The molecule has 1 fully saturated rings. The van der Waals surface area contributed by atoms with Crippen LogP contribution in [0, 0.1) is 12.8 Å². The molecule has 8 nitrogen and oxygen atoms in total. The smallest absolute Gasteiger partial charge is 0.335 e. The van der Waals surface area contributed by atoms with Gasteiger partial charge in [-0.25, -0.2) is 4.79 Å². The van der Waals surface area contributed by atoms with Crippen LogP contribution in [0.3, 0.4) is 0 Å². The number of carbonyl (C=O) groups excluding carboxylic acids is 1. The van der Waals surface area contributed by atoms with Crippen molar-refractivity contribution in [3.8, 4) is 22.6 Å². The van der Waals surface area contributed by atoms with Crippen molar-refractivity contribution in [1.82, 2.24) is 9.78 Å². The summed E-state index contributed by atoms with van der Waals surface area (Å²) in [5.41, 5.74) is 6.42. The first-order chi connectivity index (χ1) is 19.9. The van der Waals surface area contributed by atoms with E-state index >= 15 is 0 Å². The number of rotatable bonds is 10. The Morgan fingerprint density at radius 1 is 1.07 bits per heavy atom. The number of carboxylic acid groups (broad SMARTS) is 1. The van der Waals surface area contributed by atoms with Gasteiger partial charge < -0.3 is 19.5 Å². The van der Waals surface area contributed by atoms with Crippen molar-refractivity contribution < 1.29 is 24.2 Å². The lowest BCUT2D eigenvalue weighted by Gasteiger charge is -2.30. The van der Waals surface area contributed by atoms with E-state index in [2.05, 4.69) is 17.2 Å². The molecule has 2 unspecified atom stereocenters. The van der Waals surface area contributed by atoms with Crippen LogP contribution in [0.1, 0.15) is 52.2 Å². The van der Waals surface area contributed by atoms with Gasteiger partial charge in [-0.2, -0.15) is 5.10 Å². The standard InChI is InChI=1S/C33H33N3O5/c1-21-29(40-2)11-5-12-30(21)41-14-6-13-31(37)36-20-24-16-27(24)32-26(9-4-10-28(32)36)25-17-34-35(19-25)18-22-7-3-8-23(15-22)33(38)39/h3-5,7-12,15,17,19,24,27H,6,13-14,16,18,20H2,1-2H3,(H,38,39). The third-order valence-corrected chi connectivity index (χ3v) is 8.10. The Bertz CT molecular complexity index is 1610. The van der Waals surface area contributed by atoms with E-state index in [0.717, 1.165) is 52.4 Å². The summed E-state index contributed by atoms with van der Waals surface area (Å²) in [7, 11) is 1.65. The number of aromatic carboxylic acids is 1. The molecule has 4 aromatic rings. The van der Waals surface area contributed by atoms with Gasteiger partial charge in [0.1, 0.15) is 11.5 Å². The number of hydrogen-bond acceptors (Lipinski definition) is 5. The summed E-state index contributed by atoms with van der Waals surface area (Å²) in [6.07, 6.45) is 5.98. The average Bonchev–Trinajstić information content (AvgIpc) is 3.63. The summed E-state index contributed by atoms with van der Waals surface area (Å²) in [5.74, 6) is 1.68. The van der Waals surface area contributed by atoms with Crippen molar-refractivity contribution in [3.05, 3.63) is 95.3 Å². The zero-order chi connectivity index (χ0) is 28.5. The third kappa shape index (κ3) is 5.42. The van der Waals surface area contributed by atoms with E-state index in [1.165, 1.54) is 5.56 Å². The van der Waals surface area contributed by atoms with Crippen molar-refractivity contribution in [3.63, 3.8) is 0 Å².